The molecule has 2 rings (SSSR count). The number of nitrogens with two attached hydrogens (primary N) is 1. The second-order valence-corrected chi connectivity index (χ2v) is 4.42. The fourth-order valence-electron chi connectivity index (χ4n) is 1.87. The Morgan fingerprint density at radius 3 is 2.15 bits per heavy atom. The average Bonchev–Trinajstić information content (AvgIpc) is 2.47. The molecule has 0 saturated carbocycles. The van der Waals surface area contributed by atoms with E-state index in [1.807, 2.05) is 0 Å². The molecule has 0 bridgehead atoms. The van der Waals surface area contributed by atoms with Crippen LogP contribution in [-0.2, 0) is 0 Å². The van der Waals surface area contributed by atoms with Crippen molar-refractivity contribution in [2.45, 2.75) is 6.92 Å². The molecule has 4 heteroatoms. The summed E-state index contributed by atoms with van der Waals surface area (Å²) in [5.41, 5.74) is 7.49. The van der Waals surface area contributed by atoms with Gasteiger partial charge in [-0.1, -0.05) is 0 Å². The molecule has 0 spiro atoms. The SMILES string of the molecule is COc1ccc(C(=O)c2cc(C(C)=O)ccc2N)cc1. The number of ketones is 2. The lowest BCUT2D eigenvalue weighted by atomic mass is 9.98. The molecule has 4 nitrogen and oxygen atoms in total. The van der Waals surface area contributed by atoms with Crippen LogP contribution in [0.25, 0.3) is 0 Å². The molecule has 2 N–H and O–H groups in total. The van der Waals surface area contributed by atoms with E-state index in [9.17, 15) is 9.59 Å². The van der Waals surface area contributed by atoms with Crippen LogP contribution in [0.3, 0.4) is 0 Å². The second-order valence-electron chi connectivity index (χ2n) is 4.42. The molecule has 0 unspecified atom stereocenters. The van der Waals surface area contributed by atoms with Gasteiger partial charge < -0.3 is 10.5 Å². The first kappa shape index (κ1) is 13.8. The largest absolute Gasteiger partial charge is 0.497 e. The van der Waals surface area contributed by atoms with E-state index in [2.05, 4.69) is 0 Å². The van der Waals surface area contributed by atoms with Gasteiger partial charge in [0, 0.05) is 22.4 Å². The zero-order chi connectivity index (χ0) is 14.7. The topological polar surface area (TPSA) is 69.4 Å². The number of carbonyl (C=O) groups is 2. The molecule has 0 saturated heterocycles. The lowest BCUT2D eigenvalue weighted by Gasteiger charge is -2.07. The Morgan fingerprint density at radius 2 is 1.60 bits per heavy atom. The number of hydrogen-bond donors (Lipinski definition) is 1. The zero-order valence-electron chi connectivity index (χ0n) is 11.3. The second kappa shape index (κ2) is 5.57. The summed E-state index contributed by atoms with van der Waals surface area (Å²) in [5.74, 6) is 0.356. The normalized spacial score (nSPS) is 10.1. The Kier molecular flexibility index (Phi) is 3.84. The van der Waals surface area contributed by atoms with Crippen LogP contribution in [0.1, 0.15) is 33.2 Å². The van der Waals surface area contributed by atoms with E-state index >= 15 is 0 Å². The van der Waals surface area contributed by atoms with Crippen molar-refractivity contribution in [2.75, 3.05) is 12.8 Å². The molecule has 2 aromatic carbocycles. The van der Waals surface area contributed by atoms with E-state index in [1.54, 1.807) is 43.5 Å². The minimum absolute atomic E-state index is 0.103. The molecule has 0 aliphatic carbocycles. The van der Waals surface area contributed by atoms with Crippen molar-refractivity contribution < 1.29 is 14.3 Å². The van der Waals surface area contributed by atoms with Crippen molar-refractivity contribution >= 4 is 17.3 Å². The van der Waals surface area contributed by atoms with Crippen molar-refractivity contribution in [3.05, 3.63) is 59.2 Å². The van der Waals surface area contributed by atoms with Gasteiger partial charge in [0.05, 0.1) is 7.11 Å². The molecule has 0 amide bonds. The number of carbonyl (C=O) groups excluding carboxylic acids is 2. The van der Waals surface area contributed by atoms with Crippen LogP contribution in [0.15, 0.2) is 42.5 Å². The molecule has 0 aliphatic rings. The molecule has 0 atom stereocenters. The van der Waals surface area contributed by atoms with Gasteiger partial charge in [0.2, 0.25) is 0 Å². The first-order valence-electron chi connectivity index (χ1n) is 6.12. The molecule has 0 heterocycles. The first-order chi connectivity index (χ1) is 9.52. The Balaban J connectivity index is 2.41. The van der Waals surface area contributed by atoms with Gasteiger partial charge in [-0.05, 0) is 49.4 Å². The van der Waals surface area contributed by atoms with Crippen LogP contribution < -0.4 is 10.5 Å². The van der Waals surface area contributed by atoms with E-state index in [0.29, 0.717) is 28.1 Å². The molecule has 0 aromatic heterocycles. The number of rotatable bonds is 4. The zero-order valence-corrected chi connectivity index (χ0v) is 11.3. The van der Waals surface area contributed by atoms with Crippen LogP contribution in [0.4, 0.5) is 5.69 Å². The van der Waals surface area contributed by atoms with Gasteiger partial charge in [-0.15, -0.1) is 0 Å². The molecule has 102 valence electrons. The summed E-state index contributed by atoms with van der Waals surface area (Å²) in [6.07, 6.45) is 0. The molecular weight excluding hydrogens is 254 g/mol. The summed E-state index contributed by atoms with van der Waals surface area (Å²) in [5, 5.41) is 0. The predicted octanol–water partition coefficient (Wildman–Crippen LogP) is 2.71. The Hall–Kier alpha value is -2.62. The lowest BCUT2D eigenvalue weighted by molar-refractivity contribution is 0.101. The third kappa shape index (κ3) is 2.69. The molecule has 0 radical (unpaired) electrons. The van der Waals surface area contributed by atoms with Gasteiger partial charge in [0.15, 0.2) is 11.6 Å². The van der Waals surface area contributed by atoms with E-state index in [4.69, 9.17) is 10.5 Å². The summed E-state index contributed by atoms with van der Waals surface area (Å²) in [7, 11) is 1.56. The van der Waals surface area contributed by atoms with E-state index in [-0.39, 0.29) is 11.6 Å². The third-order valence-corrected chi connectivity index (χ3v) is 3.06. The van der Waals surface area contributed by atoms with Gasteiger partial charge in [0.25, 0.3) is 0 Å². The molecule has 0 fully saturated rings. The number of nitrogen functional groups attached to an aromatic ring is 1. The van der Waals surface area contributed by atoms with E-state index in [0.717, 1.165) is 0 Å². The summed E-state index contributed by atoms with van der Waals surface area (Å²) in [6.45, 7) is 1.45. The van der Waals surface area contributed by atoms with Crippen LogP contribution in [0, 0.1) is 0 Å². The number of ether oxygens (including phenoxy) is 1. The number of hydrogen-bond acceptors (Lipinski definition) is 4. The maximum absolute atomic E-state index is 12.4. The maximum atomic E-state index is 12.4. The highest BCUT2D eigenvalue weighted by Crippen LogP contribution is 2.20. The summed E-state index contributed by atoms with van der Waals surface area (Å²) in [4.78, 5) is 23.8. The fraction of sp³-hybridized carbons (Fsp3) is 0.125. The number of Topliss-reactive ketones (excluding diaryl/α,β-unsaturated/α-hetero) is 1. The van der Waals surface area contributed by atoms with Crippen LogP contribution in [0.2, 0.25) is 0 Å². The van der Waals surface area contributed by atoms with Gasteiger partial charge in [0.1, 0.15) is 5.75 Å². The minimum Gasteiger partial charge on any atom is -0.497 e. The van der Waals surface area contributed by atoms with Crippen molar-refractivity contribution in [1.29, 1.82) is 0 Å². The third-order valence-electron chi connectivity index (χ3n) is 3.06. The van der Waals surface area contributed by atoms with Gasteiger partial charge >= 0.3 is 0 Å². The van der Waals surface area contributed by atoms with Crippen LogP contribution >= 0.6 is 0 Å². The highest BCUT2D eigenvalue weighted by molar-refractivity contribution is 6.13. The van der Waals surface area contributed by atoms with Gasteiger partial charge in [-0.2, -0.15) is 0 Å². The summed E-state index contributed by atoms with van der Waals surface area (Å²) < 4.78 is 5.05. The molecular formula is C16H15NO3. The smallest absolute Gasteiger partial charge is 0.195 e. The van der Waals surface area contributed by atoms with Crippen LogP contribution in [-0.4, -0.2) is 18.7 Å². The quantitative estimate of drug-likeness (QED) is 0.684. The summed E-state index contributed by atoms with van der Waals surface area (Å²) in [6, 6.07) is 11.5. The minimum atomic E-state index is -0.215. The van der Waals surface area contributed by atoms with Gasteiger partial charge in [-0.25, -0.2) is 0 Å². The fourth-order valence-corrected chi connectivity index (χ4v) is 1.87. The van der Waals surface area contributed by atoms with Crippen molar-refractivity contribution in [2.24, 2.45) is 0 Å². The van der Waals surface area contributed by atoms with Crippen LogP contribution in [0.5, 0.6) is 5.75 Å². The first-order valence-corrected chi connectivity index (χ1v) is 6.12. The lowest BCUT2D eigenvalue weighted by Crippen LogP contribution is -2.07. The maximum Gasteiger partial charge on any atom is 0.195 e. The van der Waals surface area contributed by atoms with Crippen molar-refractivity contribution in [3.8, 4) is 5.75 Å². The number of methoxy groups -OCH3 is 1. The highest BCUT2D eigenvalue weighted by atomic mass is 16.5. The Labute approximate surface area is 117 Å². The molecule has 2 aromatic rings. The number of anilines is 1. The Morgan fingerprint density at radius 1 is 1.00 bits per heavy atom. The van der Waals surface area contributed by atoms with Crippen molar-refractivity contribution in [3.63, 3.8) is 0 Å². The van der Waals surface area contributed by atoms with Gasteiger partial charge in [-0.3, -0.25) is 9.59 Å². The standard InChI is InChI=1S/C16H15NO3/c1-10(18)12-5-8-15(17)14(9-12)16(19)11-3-6-13(20-2)7-4-11/h3-9H,17H2,1-2H3. The highest BCUT2D eigenvalue weighted by Gasteiger charge is 2.14. The molecule has 20 heavy (non-hydrogen) atoms. The van der Waals surface area contributed by atoms with Crippen molar-refractivity contribution in [1.82, 2.24) is 0 Å². The molecule has 0 aliphatic heterocycles. The predicted molar refractivity (Wildman–Crippen MR) is 77.3 cm³/mol. The summed E-state index contributed by atoms with van der Waals surface area (Å²) >= 11 is 0. The monoisotopic (exact) mass is 269 g/mol. The Bertz CT molecular complexity index is 660. The van der Waals surface area contributed by atoms with E-state index < -0.39 is 0 Å². The number of benzene rings is 2. The average molecular weight is 269 g/mol. The van der Waals surface area contributed by atoms with E-state index in [1.165, 1.54) is 13.0 Å².